The van der Waals surface area contributed by atoms with E-state index in [1.807, 2.05) is 12.1 Å². The molecule has 2 aromatic heterocycles. The van der Waals surface area contributed by atoms with Gasteiger partial charge >= 0.3 is 11.9 Å². The fourth-order valence-electron chi connectivity index (χ4n) is 3.46. The lowest BCUT2D eigenvalue weighted by atomic mass is 9.95. The fourth-order valence-corrected chi connectivity index (χ4v) is 4.68. The van der Waals surface area contributed by atoms with Crippen LogP contribution in [0.4, 0.5) is 5.00 Å². The summed E-state index contributed by atoms with van der Waals surface area (Å²) in [6, 6.07) is 7.19. The van der Waals surface area contributed by atoms with Crippen LogP contribution in [0.1, 0.15) is 46.3 Å². The van der Waals surface area contributed by atoms with Crippen molar-refractivity contribution in [2.75, 3.05) is 13.7 Å². The monoisotopic (exact) mass is 426 g/mol. The van der Waals surface area contributed by atoms with E-state index in [1.54, 1.807) is 26.2 Å². The van der Waals surface area contributed by atoms with Gasteiger partial charge in [-0.05, 0) is 56.4 Å². The topological polar surface area (TPSA) is 94.2 Å². The Bertz CT molecular complexity index is 1100. The highest BCUT2D eigenvalue weighted by Gasteiger charge is 2.26. The summed E-state index contributed by atoms with van der Waals surface area (Å²) in [4.78, 5) is 22.5. The number of methoxy groups -OCH3 is 1. The Kier molecular flexibility index (Phi) is 5.85. The molecule has 0 fully saturated rings. The average molecular weight is 426 g/mol. The summed E-state index contributed by atoms with van der Waals surface area (Å²) in [5.74, 6) is 0.216. The number of aromatic hydroxyl groups is 1. The third-order valence-electron chi connectivity index (χ3n) is 4.89. The molecule has 7 nitrogen and oxygen atoms in total. The van der Waals surface area contributed by atoms with E-state index in [-0.39, 0.29) is 23.5 Å². The maximum absolute atomic E-state index is 12.5. The molecule has 0 radical (unpaired) electrons. The van der Waals surface area contributed by atoms with Crippen molar-refractivity contribution in [3.05, 3.63) is 46.0 Å². The molecule has 1 aliphatic carbocycles. The number of aliphatic imine (C=N–C) groups is 1. The van der Waals surface area contributed by atoms with Crippen LogP contribution in [0, 0.1) is 0 Å². The summed E-state index contributed by atoms with van der Waals surface area (Å²) < 4.78 is 15.9. The number of nitrogens with zero attached hydrogens (tertiary/aromatic N) is 2. The Hall–Kier alpha value is -3.13. The Balaban J connectivity index is 1.66. The molecule has 4 rings (SSSR count). The zero-order valence-corrected chi connectivity index (χ0v) is 17.6. The number of fused-ring (bicyclic) bond motifs is 1. The molecule has 3 aromatic rings. The molecule has 0 bridgehead atoms. The normalized spacial score (nSPS) is 13.4. The van der Waals surface area contributed by atoms with Crippen LogP contribution >= 0.6 is 11.3 Å². The summed E-state index contributed by atoms with van der Waals surface area (Å²) in [5, 5.41) is 10.8. The first-order valence-corrected chi connectivity index (χ1v) is 10.6. The Morgan fingerprint density at radius 2 is 2.20 bits per heavy atom. The first kappa shape index (κ1) is 20.2. The highest BCUT2D eigenvalue weighted by atomic mass is 32.1. The van der Waals surface area contributed by atoms with E-state index in [0.29, 0.717) is 28.5 Å². The van der Waals surface area contributed by atoms with Gasteiger partial charge in [-0.25, -0.2) is 14.8 Å². The lowest BCUT2D eigenvalue weighted by molar-refractivity contribution is 0.0526. The molecule has 1 aromatic carbocycles. The number of ether oxygens (including phenoxy) is 2. The van der Waals surface area contributed by atoms with Crippen molar-refractivity contribution in [1.82, 2.24) is 4.98 Å². The maximum Gasteiger partial charge on any atom is 0.341 e. The minimum absolute atomic E-state index is 0.189. The fraction of sp³-hybridized carbons (Fsp3) is 0.318. The molecule has 2 heterocycles. The Morgan fingerprint density at radius 3 is 3.00 bits per heavy atom. The van der Waals surface area contributed by atoms with Crippen LogP contribution in [0.3, 0.4) is 0 Å². The number of hydrogen-bond donors (Lipinski definition) is 1. The number of carbonyl (C=O) groups excluding carboxylic acids is 1. The van der Waals surface area contributed by atoms with Gasteiger partial charge in [0.05, 0.1) is 25.5 Å². The Labute approximate surface area is 178 Å². The average Bonchev–Trinajstić information content (AvgIpc) is 3.32. The molecule has 0 saturated carbocycles. The van der Waals surface area contributed by atoms with Crippen LogP contribution in [-0.4, -0.2) is 36.0 Å². The second-order valence-electron chi connectivity index (χ2n) is 6.81. The Morgan fingerprint density at radius 1 is 1.37 bits per heavy atom. The van der Waals surface area contributed by atoms with Gasteiger partial charge in [0.1, 0.15) is 10.8 Å². The van der Waals surface area contributed by atoms with E-state index in [4.69, 9.17) is 13.9 Å². The maximum atomic E-state index is 12.5. The first-order valence-electron chi connectivity index (χ1n) is 9.80. The van der Waals surface area contributed by atoms with E-state index < -0.39 is 0 Å². The van der Waals surface area contributed by atoms with E-state index in [0.717, 1.165) is 31.2 Å². The lowest BCUT2D eigenvalue weighted by Gasteiger charge is -2.11. The number of esters is 1. The molecule has 0 saturated heterocycles. The molecule has 1 N–H and O–H groups in total. The van der Waals surface area contributed by atoms with Crippen LogP contribution < -0.4 is 4.74 Å². The molecular formula is C22H22N2O5S. The molecule has 30 heavy (non-hydrogen) atoms. The quantitative estimate of drug-likeness (QED) is 0.444. The van der Waals surface area contributed by atoms with E-state index in [9.17, 15) is 9.90 Å². The van der Waals surface area contributed by atoms with Gasteiger partial charge in [-0.2, -0.15) is 0 Å². The van der Waals surface area contributed by atoms with E-state index in [1.165, 1.54) is 22.4 Å². The van der Waals surface area contributed by atoms with Gasteiger partial charge in [-0.3, -0.25) is 0 Å². The summed E-state index contributed by atoms with van der Waals surface area (Å²) in [6.45, 7) is 2.09. The summed E-state index contributed by atoms with van der Waals surface area (Å²) in [6.07, 6.45) is 5.37. The minimum atomic E-state index is -0.356. The standard InChI is InChI=1S/C22H22N2O5S/c1-3-28-22(26)18-15-9-4-5-10-17(15)30-20(18)23-12-16-21(25)29-19(24-16)13-7-6-8-14(11-13)27-2/h6-8,11-12,25H,3-5,9-10H2,1-2H3. The van der Waals surface area contributed by atoms with E-state index in [2.05, 4.69) is 9.98 Å². The first-order chi connectivity index (χ1) is 14.6. The largest absolute Gasteiger partial charge is 0.497 e. The van der Waals surface area contributed by atoms with Gasteiger partial charge in [-0.15, -0.1) is 11.3 Å². The highest BCUT2D eigenvalue weighted by Crippen LogP contribution is 2.40. The molecule has 0 unspecified atom stereocenters. The van der Waals surface area contributed by atoms with Gasteiger partial charge in [0.25, 0.3) is 0 Å². The van der Waals surface area contributed by atoms with Crippen LogP contribution in [0.2, 0.25) is 0 Å². The minimum Gasteiger partial charge on any atom is -0.497 e. The summed E-state index contributed by atoms with van der Waals surface area (Å²) >= 11 is 1.49. The molecule has 0 aliphatic heterocycles. The molecular weight excluding hydrogens is 404 g/mol. The van der Waals surface area contributed by atoms with Crippen molar-refractivity contribution in [1.29, 1.82) is 0 Å². The van der Waals surface area contributed by atoms with E-state index >= 15 is 0 Å². The number of aryl methyl sites for hydroxylation is 1. The second kappa shape index (κ2) is 8.71. The molecule has 1 aliphatic rings. The van der Waals surface area contributed by atoms with Crippen LogP contribution in [0.5, 0.6) is 11.7 Å². The van der Waals surface area contributed by atoms with Crippen LogP contribution in [0.25, 0.3) is 11.5 Å². The number of hydrogen-bond acceptors (Lipinski definition) is 8. The van der Waals surface area contributed by atoms with Gasteiger partial charge in [0, 0.05) is 10.4 Å². The molecule has 0 atom stereocenters. The zero-order valence-electron chi connectivity index (χ0n) is 16.8. The van der Waals surface area contributed by atoms with Crippen molar-refractivity contribution in [3.8, 4) is 23.1 Å². The number of thiophene rings is 1. The van der Waals surface area contributed by atoms with Crippen molar-refractivity contribution in [2.24, 2.45) is 4.99 Å². The van der Waals surface area contributed by atoms with Crippen molar-refractivity contribution >= 4 is 28.5 Å². The molecule has 156 valence electrons. The van der Waals surface area contributed by atoms with Crippen molar-refractivity contribution in [3.63, 3.8) is 0 Å². The van der Waals surface area contributed by atoms with Crippen molar-refractivity contribution < 1.29 is 23.8 Å². The zero-order chi connectivity index (χ0) is 21.1. The summed E-state index contributed by atoms with van der Waals surface area (Å²) in [7, 11) is 1.58. The van der Waals surface area contributed by atoms with Gasteiger partial charge in [-0.1, -0.05) is 6.07 Å². The predicted molar refractivity (Wildman–Crippen MR) is 114 cm³/mol. The molecule has 8 heteroatoms. The number of rotatable bonds is 6. The highest BCUT2D eigenvalue weighted by molar-refractivity contribution is 7.16. The number of benzene rings is 1. The SMILES string of the molecule is CCOC(=O)c1c(N=Cc2nc(-c3cccc(OC)c3)oc2O)sc2c1CCCC2. The third-order valence-corrected chi connectivity index (χ3v) is 6.09. The predicted octanol–water partition coefficient (Wildman–Crippen LogP) is 4.92. The van der Waals surface area contributed by atoms with Gasteiger partial charge < -0.3 is 19.0 Å². The molecule has 0 spiro atoms. The van der Waals surface area contributed by atoms with Gasteiger partial charge in [0.2, 0.25) is 5.89 Å². The second-order valence-corrected chi connectivity index (χ2v) is 7.89. The number of carbonyl (C=O) groups is 1. The van der Waals surface area contributed by atoms with Crippen LogP contribution in [0.15, 0.2) is 33.7 Å². The smallest absolute Gasteiger partial charge is 0.341 e. The van der Waals surface area contributed by atoms with Gasteiger partial charge in [0.15, 0.2) is 5.69 Å². The van der Waals surface area contributed by atoms with Crippen LogP contribution in [-0.2, 0) is 17.6 Å². The lowest BCUT2D eigenvalue weighted by Crippen LogP contribution is -2.09. The van der Waals surface area contributed by atoms with Crippen molar-refractivity contribution in [2.45, 2.75) is 32.6 Å². The summed E-state index contributed by atoms with van der Waals surface area (Å²) in [5.41, 5.74) is 2.43. The third kappa shape index (κ3) is 3.95. The molecule has 0 amide bonds. The number of oxazole rings is 1. The number of aromatic nitrogens is 1.